The van der Waals surface area contributed by atoms with Crippen molar-refractivity contribution in [3.63, 3.8) is 0 Å². The van der Waals surface area contributed by atoms with Crippen molar-refractivity contribution in [1.29, 1.82) is 0 Å². The van der Waals surface area contributed by atoms with E-state index < -0.39 is 0 Å². The molecule has 0 atom stereocenters. The van der Waals surface area contributed by atoms with Gasteiger partial charge < -0.3 is 9.73 Å². The second-order valence-corrected chi connectivity index (χ2v) is 5.14. The van der Waals surface area contributed by atoms with Gasteiger partial charge in [0.25, 0.3) is 0 Å². The van der Waals surface area contributed by atoms with Crippen LogP contribution in [0.1, 0.15) is 12.3 Å². The minimum Gasteiger partial charge on any atom is -0.441 e. The van der Waals surface area contributed by atoms with Crippen molar-refractivity contribution in [2.75, 3.05) is 6.54 Å². The van der Waals surface area contributed by atoms with Crippen molar-refractivity contribution < 1.29 is 9.21 Å². The molecule has 0 spiro atoms. The van der Waals surface area contributed by atoms with Crippen LogP contribution in [0.3, 0.4) is 0 Å². The van der Waals surface area contributed by atoms with Crippen LogP contribution in [0.5, 0.6) is 0 Å². The average Bonchev–Trinajstić information content (AvgIpc) is 2.92. The Balaban J connectivity index is 1.95. The predicted octanol–water partition coefficient (Wildman–Crippen LogP) is 3.34. The van der Waals surface area contributed by atoms with E-state index in [1.54, 1.807) is 12.3 Å². The van der Waals surface area contributed by atoms with E-state index in [0.717, 1.165) is 10.0 Å². The second-order valence-electron chi connectivity index (χ2n) is 4.22. The zero-order valence-corrected chi connectivity index (χ0v) is 12.5. The Hall–Kier alpha value is -1.88. The molecule has 0 bridgehead atoms. The minimum atomic E-state index is -0.0351. The molecule has 0 unspecified atom stereocenters. The van der Waals surface area contributed by atoms with Crippen LogP contribution in [0.2, 0.25) is 0 Å². The van der Waals surface area contributed by atoms with E-state index >= 15 is 0 Å². The molecule has 20 heavy (non-hydrogen) atoms. The number of rotatable bonds is 6. The van der Waals surface area contributed by atoms with E-state index in [2.05, 4.69) is 32.8 Å². The number of aryl methyl sites for hydroxylation is 1. The zero-order valence-electron chi connectivity index (χ0n) is 10.9. The Labute approximate surface area is 126 Å². The number of benzene rings is 1. The summed E-state index contributed by atoms with van der Waals surface area (Å²) in [5.41, 5.74) is 0.953. The number of carbonyl (C=O) groups excluding carboxylic acids is 1. The smallest absolute Gasteiger partial charge is 0.220 e. The number of nitrogens with zero attached hydrogens (tertiary/aromatic N) is 1. The van der Waals surface area contributed by atoms with E-state index in [9.17, 15) is 4.79 Å². The third-order valence-electron chi connectivity index (χ3n) is 2.67. The van der Waals surface area contributed by atoms with Crippen LogP contribution >= 0.6 is 15.9 Å². The van der Waals surface area contributed by atoms with Crippen LogP contribution in [-0.4, -0.2) is 17.4 Å². The van der Waals surface area contributed by atoms with Crippen LogP contribution in [0.4, 0.5) is 0 Å². The molecule has 1 amide bonds. The Morgan fingerprint density at radius 3 is 3.10 bits per heavy atom. The third-order valence-corrected chi connectivity index (χ3v) is 3.17. The molecule has 2 rings (SSSR count). The molecule has 0 aliphatic heterocycles. The summed E-state index contributed by atoms with van der Waals surface area (Å²) < 4.78 is 6.63. The Morgan fingerprint density at radius 1 is 1.50 bits per heavy atom. The first-order chi connectivity index (χ1) is 9.69. The van der Waals surface area contributed by atoms with Gasteiger partial charge in [-0.25, -0.2) is 4.98 Å². The van der Waals surface area contributed by atoms with Gasteiger partial charge in [0.1, 0.15) is 0 Å². The SMILES string of the molecule is C=CCNC(=O)CCc1ncc(-c2cccc(Br)c2)o1. The highest BCUT2D eigenvalue weighted by atomic mass is 79.9. The molecule has 1 N–H and O–H groups in total. The van der Waals surface area contributed by atoms with Crippen LogP contribution in [0.25, 0.3) is 11.3 Å². The van der Waals surface area contributed by atoms with Gasteiger partial charge >= 0.3 is 0 Å². The van der Waals surface area contributed by atoms with Gasteiger partial charge in [-0.15, -0.1) is 6.58 Å². The third kappa shape index (κ3) is 4.06. The molecule has 0 saturated carbocycles. The maximum absolute atomic E-state index is 11.5. The van der Waals surface area contributed by atoms with Crippen molar-refractivity contribution in [1.82, 2.24) is 10.3 Å². The first-order valence-corrected chi connectivity index (χ1v) is 7.06. The minimum absolute atomic E-state index is 0.0351. The number of hydrogen-bond donors (Lipinski definition) is 1. The summed E-state index contributed by atoms with van der Waals surface area (Å²) in [7, 11) is 0. The largest absolute Gasteiger partial charge is 0.441 e. The van der Waals surface area contributed by atoms with Crippen molar-refractivity contribution in [2.45, 2.75) is 12.8 Å². The molecule has 1 aromatic carbocycles. The quantitative estimate of drug-likeness (QED) is 0.824. The predicted molar refractivity (Wildman–Crippen MR) is 81.2 cm³/mol. The van der Waals surface area contributed by atoms with Crippen LogP contribution in [0.15, 0.2) is 52.0 Å². The molecular formula is C15H15BrN2O2. The maximum Gasteiger partial charge on any atom is 0.220 e. The molecule has 0 aliphatic carbocycles. The highest BCUT2D eigenvalue weighted by Crippen LogP contribution is 2.23. The van der Waals surface area contributed by atoms with Gasteiger partial charge in [0.2, 0.25) is 5.91 Å². The van der Waals surface area contributed by atoms with E-state index in [1.807, 2.05) is 24.3 Å². The lowest BCUT2D eigenvalue weighted by atomic mass is 10.2. The van der Waals surface area contributed by atoms with Crippen molar-refractivity contribution in [2.24, 2.45) is 0 Å². The molecule has 4 nitrogen and oxygen atoms in total. The number of aromatic nitrogens is 1. The summed E-state index contributed by atoms with van der Waals surface area (Å²) in [6.07, 6.45) is 4.16. The Bertz CT molecular complexity index is 607. The van der Waals surface area contributed by atoms with Crippen molar-refractivity contribution >= 4 is 21.8 Å². The molecule has 1 aromatic heterocycles. The summed E-state index contributed by atoms with van der Waals surface area (Å²) in [6, 6.07) is 7.79. The van der Waals surface area contributed by atoms with Gasteiger partial charge in [-0.1, -0.05) is 34.1 Å². The van der Waals surface area contributed by atoms with Crippen LogP contribution in [0, 0.1) is 0 Å². The normalized spacial score (nSPS) is 10.2. The number of carbonyl (C=O) groups is 1. The fourth-order valence-corrected chi connectivity index (χ4v) is 2.10. The number of oxazole rings is 1. The number of hydrogen-bond acceptors (Lipinski definition) is 3. The van der Waals surface area contributed by atoms with Crippen LogP contribution < -0.4 is 5.32 Å². The zero-order chi connectivity index (χ0) is 14.4. The summed E-state index contributed by atoms with van der Waals surface area (Å²) >= 11 is 3.42. The van der Waals surface area contributed by atoms with E-state index in [0.29, 0.717) is 31.0 Å². The molecule has 2 aromatic rings. The van der Waals surface area contributed by atoms with E-state index in [1.165, 1.54) is 0 Å². The first kappa shape index (κ1) is 14.5. The van der Waals surface area contributed by atoms with Crippen molar-refractivity contribution in [3.8, 4) is 11.3 Å². The highest BCUT2D eigenvalue weighted by Gasteiger charge is 2.08. The monoisotopic (exact) mass is 334 g/mol. The average molecular weight is 335 g/mol. The molecule has 0 saturated heterocycles. The van der Waals surface area contributed by atoms with Gasteiger partial charge in [-0.05, 0) is 12.1 Å². The lowest BCUT2D eigenvalue weighted by molar-refractivity contribution is -0.120. The van der Waals surface area contributed by atoms with Gasteiger partial charge in [-0.3, -0.25) is 4.79 Å². The van der Waals surface area contributed by atoms with Gasteiger partial charge in [0, 0.05) is 29.4 Å². The highest BCUT2D eigenvalue weighted by molar-refractivity contribution is 9.10. The summed E-state index contributed by atoms with van der Waals surface area (Å²) in [6.45, 7) is 4.03. The fourth-order valence-electron chi connectivity index (χ4n) is 1.70. The fraction of sp³-hybridized carbons (Fsp3) is 0.200. The Morgan fingerprint density at radius 2 is 2.35 bits per heavy atom. The number of nitrogens with one attached hydrogen (secondary N) is 1. The summed E-state index contributed by atoms with van der Waals surface area (Å²) in [5, 5.41) is 2.72. The second kappa shape index (κ2) is 7.05. The molecule has 1 heterocycles. The lowest BCUT2D eigenvalue weighted by Gasteiger charge is -2.00. The summed E-state index contributed by atoms with van der Waals surface area (Å²) in [4.78, 5) is 15.7. The van der Waals surface area contributed by atoms with Crippen LogP contribution in [-0.2, 0) is 11.2 Å². The molecule has 0 radical (unpaired) electrons. The Kier molecular flexibility index (Phi) is 5.12. The molecule has 104 valence electrons. The van der Waals surface area contributed by atoms with E-state index in [-0.39, 0.29) is 5.91 Å². The topological polar surface area (TPSA) is 55.1 Å². The number of amides is 1. The van der Waals surface area contributed by atoms with Gasteiger partial charge in [0.05, 0.1) is 6.20 Å². The molecule has 0 fully saturated rings. The van der Waals surface area contributed by atoms with Gasteiger partial charge in [-0.2, -0.15) is 0 Å². The van der Waals surface area contributed by atoms with Gasteiger partial charge in [0.15, 0.2) is 11.7 Å². The summed E-state index contributed by atoms with van der Waals surface area (Å²) in [5.74, 6) is 1.23. The lowest BCUT2D eigenvalue weighted by Crippen LogP contribution is -2.23. The molecule has 0 aliphatic rings. The number of halogens is 1. The molecular weight excluding hydrogens is 320 g/mol. The van der Waals surface area contributed by atoms with E-state index in [4.69, 9.17) is 4.42 Å². The van der Waals surface area contributed by atoms with Crippen molar-refractivity contribution in [3.05, 3.63) is 53.5 Å². The first-order valence-electron chi connectivity index (χ1n) is 6.27. The molecule has 5 heteroatoms. The standard InChI is InChI=1S/C15H15BrN2O2/c1-2-8-17-14(19)6-7-15-18-10-13(20-15)11-4-3-5-12(16)9-11/h2-5,9-10H,1,6-8H2,(H,17,19). The maximum atomic E-state index is 11.5.